The van der Waals surface area contributed by atoms with Crippen molar-refractivity contribution >= 4 is 17.6 Å². The maximum absolute atomic E-state index is 12.5. The molecule has 8 nitrogen and oxygen atoms in total. The van der Waals surface area contributed by atoms with Gasteiger partial charge in [0.1, 0.15) is 5.15 Å². The Morgan fingerprint density at radius 2 is 2.11 bits per heavy atom. The molecule has 0 aromatic carbocycles. The van der Waals surface area contributed by atoms with Crippen molar-refractivity contribution in [1.82, 2.24) is 19.1 Å². The van der Waals surface area contributed by atoms with E-state index in [4.69, 9.17) is 16.0 Å². The van der Waals surface area contributed by atoms with Crippen molar-refractivity contribution in [3.8, 4) is 17.4 Å². The first kappa shape index (κ1) is 17.0. The van der Waals surface area contributed by atoms with Crippen molar-refractivity contribution in [2.75, 3.05) is 7.11 Å². The third kappa shape index (κ3) is 3.11. The quantitative estimate of drug-likeness (QED) is 0.396. The molecule has 0 spiro atoms. The molecule has 0 fully saturated rings. The average molecular weight is 385 g/mol. The molecule has 0 saturated carbocycles. The maximum Gasteiger partial charge on any atom is 0.374 e. The van der Waals surface area contributed by atoms with E-state index < -0.39 is 11.7 Å². The Labute approximate surface area is 157 Å². The maximum atomic E-state index is 12.5. The lowest BCUT2D eigenvalue weighted by Crippen LogP contribution is -2.13. The summed E-state index contributed by atoms with van der Waals surface area (Å²) in [7, 11) is 1.25. The molecule has 0 unspecified atom stereocenters. The van der Waals surface area contributed by atoms with Gasteiger partial charge >= 0.3 is 11.7 Å². The predicted octanol–water partition coefficient (Wildman–Crippen LogP) is 2.62. The van der Waals surface area contributed by atoms with E-state index in [1.807, 2.05) is 16.8 Å². The van der Waals surface area contributed by atoms with E-state index in [0.717, 1.165) is 5.56 Å². The van der Waals surface area contributed by atoms with Gasteiger partial charge < -0.3 is 13.7 Å². The Hall–Kier alpha value is -3.39. The molecule has 0 bridgehead atoms. The number of hydrogen-bond acceptors (Lipinski definition) is 6. The van der Waals surface area contributed by atoms with Crippen LogP contribution < -0.4 is 5.69 Å². The summed E-state index contributed by atoms with van der Waals surface area (Å²) in [6, 6.07) is 10.1. The van der Waals surface area contributed by atoms with E-state index in [9.17, 15) is 9.59 Å². The predicted molar refractivity (Wildman–Crippen MR) is 96.4 cm³/mol. The number of halogens is 1. The average Bonchev–Trinajstić information content (AvgIpc) is 3.27. The standard InChI is InChI=1S/C18H13ClN4O4/c1-26-17(24)13-5-7-15(27-13)23-12-3-2-8-22(16(12)21-18(23)25)10-11-4-6-14(19)20-9-11/h2-9H,10H2,1H3. The number of pyridine rings is 2. The smallest absolute Gasteiger partial charge is 0.374 e. The van der Waals surface area contributed by atoms with Crippen LogP contribution in [0.4, 0.5) is 0 Å². The van der Waals surface area contributed by atoms with Crippen molar-refractivity contribution in [2.24, 2.45) is 0 Å². The Bertz CT molecular complexity index is 1140. The number of imidazole rings is 1. The molecule has 2 aromatic rings. The van der Waals surface area contributed by atoms with Crippen LogP contribution in [-0.2, 0) is 11.3 Å². The van der Waals surface area contributed by atoms with Gasteiger partial charge in [-0.05, 0) is 29.8 Å². The van der Waals surface area contributed by atoms with E-state index in [1.165, 1.54) is 23.8 Å². The van der Waals surface area contributed by atoms with Crippen LogP contribution >= 0.6 is 11.6 Å². The van der Waals surface area contributed by atoms with E-state index in [-0.39, 0.29) is 11.6 Å². The highest BCUT2D eigenvalue weighted by atomic mass is 35.5. The van der Waals surface area contributed by atoms with Crippen LogP contribution in [-0.4, -0.2) is 32.2 Å². The molecule has 4 rings (SSSR count). The number of aromatic nitrogens is 4. The highest BCUT2D eigenvalue weighted by Gasteiger charge is 2.22. The van der Waals surface area contributed by atoms with Gasteiger partial charge in [-0.3, -0.25) is 0 Å². The van der Waals surface area contributed by atoms with Gasteiger partial charge in [0.15, 0.2) is 5.82 Å². The van der Waals surface area contributed by atoms with Crippen LogP contribution in [0.15, 0.2) is 58.0 Å². The summed E-state index contributed by atoms with van der Waals surface area (Å²) in [6.45, 7) is 0.462. The lowest BCUT2D eigenvalue weighted by molar-refractivity contribution is 0.0565. The number of carbonyl (C=O) groups excluding carboxylic acids is 1. The molecular formula is C18H13ClN4O4. The molecule has 0 radical (unpaired) electrons. The number of fused-ring (bicyclic) bond motifs is 1. The first-order chi connectivity index (χ1) is 13.1. The minimum absolute atomic E-state index is 0.00444. The van der Waals surface area contributed by atoms with Crippen LogP contribution in [0, 0.1) is 0 Å². The fourth-order valence-corrected chi connectivity index (χ4v) is 2.88. The topological polar surface area (TPSA) is 92.1 Å². The molecule has 9 heteroatoms. The molecule has 27 heavy (non-hydrogen) atoms. The number of esters is 1. The molecule has 0 N–H and O–H groups in total. The highest BCUT2D eigenvalue weighted by Crippen LogP contribution is 2.23. The Balaban J connectivity index is 1.74. The molecule has 2 aliphatic heterocycles. The largest absolute Gasteiger partial charge is 0.463 e. The third-order valence-corrected chi connectivity index (χ3v) is 4.22. The van der Waals surface area contributed by atoms with Crippen molar-refractivity contribution in [3.63, 3.8) is 0 Å². The third-order valence-electron chi connectivity index (χ3n) is 4.00. The van der Waals surface area contributed by atoms with Crippen molar-refractivity contribution in [1.29, 1.82) is 0 Å². The number of methoxy groups -OCH3 is 1. The fourth-order valence-electron chi connectivity index (χ4n) is 2.77. The lowest BCUT2D eigenvalue weighted by atomic mass is 10.2. The Morgan fingerprint density at radius 3 is 2.85 bits per heavy atom. The van der Waals surface area contributed by atoms with Gasteiger partial charge in [0.2, 0.25) is 11.6 Å². The summed E-state index contributed by atoms with van der Waals surface area (Å²) in [6.07, 6.45) is 3.48. The summed E-state index contributed by atoms with van der Waals surface area (Å²) < 4.78 is 13.2. The number of hydrogen-bond donors (Lipinski definition) is 0. The lowest BCUT2D eigenvalue weighted by Gasteiger charge is -2.11. The second kappa shape index (κ2) is 6.73. The van der Waals surface area contributed by atoms with E-state index in [1.54, 1.807) is 24.4 Å². The molecular weight excluding hydrogens is 372 g/mol. The zero-order valence-corrected chi connectivity index (χ0v) is 14.9. The van der Waals surface area contributed by atoms with Crippen LogP contribution in [0.2, 0.25) is 5.15 Å². The summed E-state index contributed by atoms with van der Waals surface area (Å²) in [4.78, 5) is 32.2. The van der Waals surface area contributed by atoms with Gasteiger partial charge in [-0.2, -0.15) is 4.98 Å². The summed E-state index contributed by atoms with van der Waals surface area (Å²) in [5, 5.41) is 0.410. The van der Waals surface area contributed by atoms with E-state index in [0.29, 0.717) is 23.2 Å². The molecule has 0 amide bonds. The van der Waals surface area contributed by atoms with Crippen LogP contribution in [0.5, 0.6) is 0 Å². The molecule has 2 aliphatic rings. The summed E-state index contributed by atoms with van der Waals surface area (Å²) in [5.41, 5.74) is 0.949. The van der Waals surface area contributed by atoms with Gasteiger partial charge in [0.05, 0.1) is 19.3 Å². The number of rotatable bonds is 4. The van der Waals surface area contributed by atoms with E-state index in [2.05, 4.69) is 14.7 Å². The Morgan fingerprint density at radius 1 is 1.26 bits per heavy atom. The molecule has 2 aromatic heterocycles. The van der Waals surface area contributed by atoms with Gasteiger partial charge in [-0.25, -0.2) is 19.1 Å². The zero-order valence-electron chi connectivity index (χ0n) is 14.1. The van der Waals surface area contributed by atoms with Crippen LogP contribution in [0.25, 0.3) is 17.4 Å². The molecule has 4 heterocycles. The van der Waals surface area contributed by atoms with Crippen molar-refractivity contribution in [3.05, 3.63) is 75.8 Å². The number of furan rings is 1. The summed E-state index contributed by atoms with van der Waals surface area (Å²) >= 11 is 5.82. The summed E-state index contributed by atoms with van der Waals surface area (Å²) in [5.74, 6) is 0.0514. The SMILES string of the molecule is COC(=O)c1ccc(-n2c3cccn(Cc4ccc(Cl)nc4)c-3nc2=O)o1. The minimum atomic E-state index is -0.622. The van der Waals surface area contributed by atoms with Gasteiger partial charge in [-0.1, -0.05) is 17.7 Å². The molecule has 0 saturated heterocycles. The normalized spacial score (nSPS) is 11.0. The first-order valence-corrected chi connectivity index (χ1v) is 8.31. The first-order valence-electron chi connectivity index (χ1n) is 7.93. The second-order valence-corrected chi connectivity index (χ2v) is 6.08. The monoisotopic (exact) mass is 384 g/mol. The minimum Gasteiger partial charge on any atom is -0.463 e. The molecule has 0 atom stereocenters. The Kier molecular flexibility index (Phi) is 4.25. The number of nitrogens with zero attached hydrogens (tertiary/aromatic N) is 4. The zero-order chi connectivity index (χ0) is 19.0. The van der Waals surface area contributed by atoms with E-state index >= 15 is 0 Å². The van der Waals surface area contributed by atoms with Gasteiger partial charge in [-0.15, -0.1) is 0 Å². The van der Waals surface area contributed by atoms with Gasteiger partial charge in [0, 0.05) is 18.5 Å². The van der Waals surface area contributed by atoms with Crippen LogP contribution in [0.1, 0.15) is 16.1 Å². The van der Waals surface area contributed by atoms with Crippen LogP contribution in [0.3, 0.4) is 0 Å². The van der Waals surface area contributed by atoms with Crippen molar-refractivity contribution < 1.29 is 13.9 Å². The second-order valence-electron chi connectivity index (χ2n) is 5.69. The highest BCUT2D eigenvalue weighted by molar-refractivity contribution is 6.29. The fraction of sp³-hybridized carbons (Fsp3) is 0.111. The number of ether oxygens (including phenoxy) is 1. The molecule has 136 valence electrons. The number of carbonyl (C=O) groups is 1. The van der Waals surface area contributed by atoms with Crippen molar-refractivity contribution in [2.45, 2.75) is 6.54 Å². The van der Waals surface area contributed by atoms with Gasteiger partial charge in [0.25, 0.3) is 0 Å². The molecule has 0 aliphatic carbocycles.